The first-order chi connectivity index (χ1) is 11.7. The van der Waals surface area contributed by atoms with Crippen LogP contribution in [0.25, 0.3) is 0 Å². The summed E-state index contributed by atoms with van der Waals surface area (Å²) in [5, 5.41) is 9.62. The van der Waals surface area contributed by atoms with E-state index in [0.29, 0.717) is 24.2 Å². The summed E-state index contributed by atoms with van der Waals surface area (Å²) < 4.78 is 0. The Labute approximate surface area is 148 Å². The average molecular weight is 356 g/mol. The molecule has 0 unspecified atom stereocenters. The molecule has 122 valence electrons. The standard InChI is InChI=1S/C18H16N2O2S2/c21-17(11-15-6-2-8-23-15)19-13-4-1-5-14(10-13)20-18(22)12-16-7-3-9-24-16/h1-10H,11-12H2,(H,19,21)(H,20,22). The van der Waals surface area contributed by atoms with Crippen molar-refractivity contribution in [1.29, 1.82) is 0 Å². The van der Waals surface area contributed by atoms with Crippen molar-refractivity contribution in [3.63, 3.8) is 0 Å². The number of amides is 2. The molecule has 0 aliphatic rings. The molecule has 0 saturated carbocycles. The zero-order valence-corrected chi connectivity index (χ0v) is 14.5. The van der Waals surface area contributed by atoms with Crippen LogP contribution in [0.3, 0.4) is 0 Å². The molecule has 0 aliphatic carbocycles. The lowest BCUT2D eigenvalue weighted by molar-refractivity contribution is -0.116. The number of anilines is 2. The van der Waals surface area contributed by atoms with E-state index in [4.69, 9.17) is 0 Å². The highest BCUT2D eigenvalue weighted by Crippen LogP contribution is 2.17. The van der Waals surface area contributed by atoms with Crippen LogP contribution in [0.5, 0.6) is 0 Å². The number of nitrogens with one attached hydrogen (secondary N) is 2. The lowest BCUT2D eigenvalue weighted by Crippen LogP contribution is -2.15. The largest absolute Gasteiger partial charge is 0.326 e. The van der Waals surface area contributed by atoms with E-state index >= 15 is 0 Å². The molecular weight excluding hydrogens is 340 g/mol. The monoisotopic (exact) mass is 356 g/mol. The molecule has 2 amide bonds. The maximum atomic E-state index is 12.0. The lowest BCUT2D eigenvalue weighted by Gasteiger charge is -2.08. The molecule has 3 rings (SSSR count). The summed E-state index contributed by atoms with van der Waals surface area (Å²) in [7, 11) is 0. The van der Waals surface area contributed by atoms with Crippen LogP contribution in [0.2, 0.25) is 0 Å². The maximum Gasteiger partial charge on any atom is 0.229 e. The molecule has 0 saturated heterocycles. The van der Waals surface area contributed by atoms with Gasteiger partial charge in [-0.15, -0.1) is 22.7 Å². The number of rotatable bonds is 6. The number of thiophene rings is 2. The maximum absolute atomic E-state index is 12.0. The van der Waals surface area contributed by atoms with Crippen LogP contribution in [0.4, 0.5) is 11.4 Å². The van der Waals surface area contributed by atoms with Crippen molar-refractivity contribution in [2.45, 2.75) is 12.8 Å². The Balaban J connectivity index is 1.57. The fourth-order valence-electron chi connectivity index (χ4n) is 2.23. The van der Waals surface area contributed by atoms with E-state index in [0.717, 1.165) is 9.75 Å². The van der Waals surface area contributed by atoms with E-state index in [9.17, 15) is 9.59 Å². The molecule has 24 heavy (non-hydrogen) atoms. The predicted molar refractivity (Wildman–Crippen MR) is 99.7 cm³/mol. The van der Waals surface area contributed by atoms with Crippen LogP contribution in [-0.4, -0.2) is 11.8 Å². The molecule has 4 nitrogen and oxygen atoms in total. The van der Waals surface area contributed by atoms with Gasteiger partial charge in [-0.25, -0.2) is 0 Å². The highest BCUT2D eigenvalue weighted by molar-refractivity contribution is 7.10. The minimum atomic E-state index is -0.0699. The van der Waals surface area contributed by atoms with Crippen LogP contribution < -0.4 is 10.6 Å². The molecule has 2 aromatic heterocycles. The van der Waals surface area contributed by atoms with E-state index in [1.807, 2.05) is 41.1 Å². The van der Waals surface area contributed by atoms with Gasteiger partial charge in [0.25, 0.3) is 0 Å². The normalized spacial score (nSPS) is 10.3. The molecule has 6 heteroatoms. The molecule has 3 aromatic rings. The highest BCUT2D eigenvalue weighted by Gasteiger charge is 2.08. The van der Waals surface area contributed by atoms with E-state index in [-0.39, 0.29) is 11.8 Å². The summed E-state index contributed by atoms with van der Waals surface area (Å²) in [6.07, 6.45) is 0.708. The van der Waals surface area contributed by atoms with Gasteiger partial charge in [0.05, 0.1) is 12.8 Å². The van der Waals surface area contributed by atoms with Gasteiger partial charge in [0.2, 0.25) is 11.8 Å². The second-order valence-electron chi connectivity index (χ2n) is 5.19. The van der Waals surface area contributed by atoms with E-state index in [1.54, 1.807) is 40.9 Å². The minimum absolute atomic E-state index is 0.0699. The van der Waals surface area contributed by atoms with Gasteiger partial charge in [0.1, 0.15) is 0 Å². The molecule has 0 fully saturated rings. The van der Waals surface area contributed by atoms with Crippen molar-refractivity contribution in [1.82, 2.24) is 0 Å². The Hall–Kier alpha value is -2.44. The SMILES string of the molecule is O=C(Cc1cccs1)Nc1cccc(NC(=O)Cc2cccs2)c1. The van der Waals surface area contributed by atoms with Crippen molar-refractivity contribution in [2.75, 3.05) is 10.6 Å². The smallest absolute Gasteiger partial charge is 0.229 e. The van der Waals surface area contributed by atoms with Gasteiger partial charge in [-0.3, -0.25) is 9.59 Å². The van der Waals surface area contributed by atoms with Gasteiger partial charge in [0, 0.05) is 21.1 Å². The van der Waals surface area contributed by atoms with Gasteiger partial charge in [-0.05, 0) is 41.1 Å². The fourth-order valence-corrected chi connectivity index (χ4v) is 3.63. The Morgan fingerprint density at radius 2 is 1.25 bits per heavy atom. The van der Waals surface area contributed by atoms with Crippen molar-refractivity contribution in [3.05, 3.63) is 69.0 Å². The molecule has 2 heterocycles. The van der Waals surface area contributed by atoms with E-state index < -0.39 is 0 Å². The van der Waals surface area contributed by atoms with Crippen LogP contribution in [0.1, 0.15) is 9.75 Å². The van der Waals surface area contributed by atoms with Crippen LogP contribution in [-0.2, 0) is 22.4 Å². The molecule has 0 atom stereocenters. The summed E-state index contributed by atoms with van der Waals surface area (Å²) in [6, 6.07) is 14.9. The quantitative estimate of drug-likeness (QED) is 0.696. The second-order valence-corrected chi connectivity index (χ2v) is 7.25. The number of carbonyl (C=O) groups excluding carboxylic acids is 2. The van der Waals surface area contributed by atoms with Crippen LogP contribution in [0, 0.1) is 0 Å². The van der Waals surface area contributed by atoms with Crippen molar-refractivity contribution >= 4 is 45.9 Å². The molecule has 0 bridgehead atoms. The number of hydrogen-bond donors (Lipinski definition) is 2. The van der Waals surface area contributed by atoms with Crippen molar-refractivity contribution in [3.8, 4) is 0 Å². The molecule has 0 aliphatic heterocycles. The van der Waals surface area contributed by atoms with Gasteiger partial charge in [-0.1, -0.05) is 18.2 Å². The summed E-state index contributed by atoms with van der Waals surface area (Å²) in [4.78, 5) is 26.1. The first kappa shape index (κ1) is 16.4. The van der Waals surface area contributed by atoms with E-state index in [1.165, 1.54) is 0 Å². The number of carbonyl (C=O) groups is 2. The zero-order chi connectivity index (χ0) is 16.8. The Bertz CT molecular complexity index is 746. The van der Waals surface area contributed by atoms with Crippen molar-refractivity contribution < 1.29 is 9.59 Å². The summed E-state index contributed by atoms with van der Waals surface area (Å²) in [5.74, 6) is -0.140. The topological polar surface area (TPSA) is 58.2 Å². The minimum Gasteiger partial charge on any atom is -0.326 e. The third-order valence-electron chi connectivity index (χ3n) is 3.26. The molecule has 0 radical (unpaired) electrons. The molecule has 1 aromatic carbocycles. The van der Waals surface area contributed by atoms with Crippen LogP contribution >= 0.6 is 22.7 Å². The molecule has 2 N–H and O–H groups in total. The first-order valence-corrected chi connectivity index (χ1v) is 9.19. The van der Waals surface area contributed by atoms with Gasteiger partial charge >= 0.3 is 0 Å². The molecular formula is C18H16N2O2S2. The zero-order valence-electron chi connectivity index (χ0n) is 12.8. The van der Waals surface area contributed by atoms with Gasteiger partial charge in [0.15, 0.2) is 0 Å². The Morgan fingerprint density at radius 1 is 0.750 bits per heavy atom. The summed E-state index contributed by atoms with van der Waals surface area (Å²) in [6.45, 7) is 0. The first-order valence-electron chi connectivity index (χ1n) is 7.43. The third kappa shape index (κ3) is 4.78. The van der Waals surface area contributed by atoms with Crippen LogP contribution in [0.15, 0.2) is 59.3 Å². The summed E-state index contributed by atoms with van der Waals surface area (Å²) >= 11 is 3.12. The molecule has 0 spiro atoms. The van der Waals surface area contributed by atoms with E-state index in [2.05, 4.69) is 10.6 Å². The number of benzene rings is 1. The third-order valence-corrected chi connectivity index (χ3v) is 5.01. The average Bonchev–Trinajstić information content (AvgIpc) is 3.21. The number of hydrogen-bond acceptors (Lipinski definition) is 4. The lowest BCUT2D eigenvalue weighted by atomic mass is 10.2. The van der Waals surface area contributed by atoms with Crippen molar-refractivity contribution in [2.24, 2.45) is 0 Å². The fraction of sp³-hybridized carbons (Fsp3) is 0.111. The predicted octanol–water partition coefficient (Wildman–Crippen LogP) is 4.17. The Kier molecular flexibility index (Phi) is 5.40. The van der Waals surface area contributed by atoms with Gasteiger partial charge in [-0.2, -0.15) is 0 Å². The highest BCUT2D eigenvalue weighted by atomic mass is 32.1. The Morgan fingerprint density at radius 3 is 1.67 bits per heavy atom. The van der Waals surface area contributed by atoms with Gasteiger partial charge < -0.3 is 10.6 Å². The second kappa shape index (κ2) is 7.90. The summed E-state index contributed by atoms with van der Waals surface area (Å²) in [5.41, 5.74) is 1.34.